The number of hydrogen-bond acceptors (Lipinski definition) is 7. The van der Waals surface area contributed by atoms with Gasteiger partial charge in [0.2, 0.25) is 0 Å². The Morgan fingerprint density at radius 3 is 2.31 bits per heavy atom. The molecule has 3 atom stereocenters. The summed E-state index contributed by atoms with van der Waals surface area (Å²) in [6.07, 6.45) is 4.27. The zero-order valence-corrected chi connectivity index (χ0v) is 22.1. The van der Waals surface area contributed by atoms with Gasteiger partial charge in [-0.15, -0.1) is 0 Å². The summed E-state index contributed by atoms with van der Waals surface area (Å²) in [7, 11) is 1.31. The Labute approximate surface area is 213 Å². The van der Waals surface area contributed by atoms with Crippen LogP contribution < -0.4 is 10.2 Å². The first-order chi connectivity index (χ1) is 17.3. The molecule has 1 fully saturated rings. The number of Topliss-reactive ketones (excluding diaryl/α,β-unsaturated/α-hetero) is 1. The molecule has 7 nitrogen and oxygen atoms in total. The fourth-order valence-corrected chi connectivity index (χ4v) is 5.97. The molecule has 1 aliphatic heterocycles. The van der Waals surface area contributed by atoms with Crippen LogP contribution in [0.5, 0.6) is 0 Å². The molecule has 4 rings (SSSR count). The highest BCUT2D eigenvalue weighted by Crippen LogP contribution is 2.46. The summed E-state index contributed by atoms with van der Waals surface area (Å²) in [5, 5.41) is 3.34. The predicted molar refractivity (Wildman–Crippen MR) is 138 cm³/mol. The largest absolute Gasteiger partial charge is 0.468 e. The van der Waals surface area contributed by atoms with Crippen molar-refractivity contribution in [2.45, 2.75) is 71.8 Å². The predicted octanol–water partition coefficient (Wildman–Crippen LogP) is 4.63. The molecule has 0 saturated heterocycles. The first-order valence-corrected chi connectivity index (χ1v) is 13.2. The lowest BCUT2D eigenvalue weighted by Gasteiger charge is -2.38. The third kappa shape index (κ3) is 4.80. The molecular weight excluding hydrogens is 456 g/mol. The van der Waals surface area contributed by atoms with Crippen LogP contribution in [0.3, 0.4) is 0 Å². The van der Waals surface area contributed by atoms with E-state index in [1.165, 1.54) is 7.11 Å². The highest BCUT2D eigenvalue weighted by atomic mass is 16.5. The van der Waals surface area contributed by atoms with Crippen molar-refractivity contribution < 1.29 is 23.9 Å². The molecule has 0 amide bonds. The third-order valence-corrected chi connectivity index (χ3v) is 7.89. The molecule has 1 saturated carbocycles. The number of methoxy groups -OCH3 is 1. The van der Waals surface area contributed by atoms with Crippen molar-refractivity contribution in [2.24, 2.45) is 11.8 Å². The van der Waals surface area contributed by atoms with Crippen LogP contribution >= 0.6 is 0 Å². The van der Waals surface area contributed by atoms with Crippen LogP contribution in [0.1, 0.15) is 71.3 Å². The molecule has 1 heterocycles. The van der Waals surface area contributed by atoms with Gasteiger partial charge in [0, 0.05) is 41.7 Å². The van der Waals surface area contributed by atoms with Gasteiger partial charge >= 0.3 is 11.9 Å². The van der Waals surface area contributed by atoms with Gasteiger partial charge < -0.3 is 19.7 Å². The molecule has 0 bridgehead atoms. The van der Waals surface area contributed by atoms with E-state index >= 15 is 0 Å². The molecular formula is C29H38N2O5. The molecule has 0 unspecified atom stereocenters. The fraction of sp³-hybridized carbons (Fsp3) is 0.552. The second kappa shape index (κ2) is 10.9. The number of nitrogens with one attached hydrogen (secondary N) is 1. The van der Waals surface area contributed by atoms with E-state index in [1.54, 1.807) is 0 Å². The van der Waals surface area contributed by atoms with Crippen molar-refractivity contribution in [3.63, 3.8) is 0 Å². The third-order valence-electron chi connectivity index (χ3n) is 7.89. The topological polar surface area (TPSA) is 84.9 Å². The summed E-state index contributed by atoms with van der Waals surface area (Å²) >= 11 is 0. The second-order valence-corrected chi connectivity index (χ2v) is 10.1. The first-order valence-electron chi connectivity index (χ1n) is 13.2. The van der Waals surface area contributed by atoms with Gasteiger partial charge in [-0.05, 0) is 76.5 Å². The van der Waals surface area contributed by atoms with E-state index in [9.17, 15) is 14.4 Å². The van der Waals surface area contributed by atoms with E-state index in [-0.39, 0.29) is 17.8 Å². The standard InChI is InChI=1S/C29H38N2O5/c1-6-31(7-2)20-14-12-19(13-15-20)25-24(29(34)36-21-10-8-9-11-21)18(4)30-22-16-17(3)23(28(33)35-5)27(32)26(22)25/h12-15,17,21,23,25,30H,6-11,16H2,1-5H3/t17-,23-,25-/m0/s1. The fourth-order valence-electron chi connectivity index (χ4n) is 5.97. The van der Waals surface area contributed by atoms with Gasteiger partial charge in [-0.1, -0.05) is 19.1 Å². The summed E-state index contributed by atoms with van der Waals surface area (Å²) in [6, 6.07) is 8.05. The number of carbonyl (C=O) groups is 3. The van der Waals surface area contributed by atoms with E-state index in [0.29, 0.717) is 23.3 Å². The average Bonchev–Trinajstić information content (AvgIpc) is 3.37. The van der Waals surface area contributed by atoms with E-state index in [2.05, 4.69) is 24.1 Å². The maximum absolute atomic E-state index is 13.9. The van der Waals surface area contributed by atoms with Gasteiger partial charge in [0.15, 0.2) is 5.78 Å². The zero-order chi connectivity index (χ0) is 26.0. The number of benzene rings is 1. The Morgan fingerprint density at radius 1 is 1.08 bits per heavy atom. The highest BCUT2D eigenvalue weighted by molar-refractivity contribution is 6.12. The van der Waals surface area contributed by atoms with E-state index in [4.69, 9.17) is 9.47 Å². The second-order valence-electron chi connectivity index (χ2n) is 10.1. The van der Waals surface area contributed by atoms with Crippen LogP contribution in [-0.2, 0) is 23.9 Å². The van der Waals surface area contributed by atoms with Crippen molar-refractivity contribution in [1.29, 1.82) is 0 Å². The molecule has 1 N–H and O–H groups in total. The number of rotatable bonds is 7. The van der Waals surface area contributed by atoms with Crippen molar-refractivity contribution >= 4 is 23.4 Å². The summed E-state index contributed by atoms with van der Waals surface area (Å²) in [5.74, 6) is -2.90. The number of allylic oxidation sites excluding steroid dienone is 3. The minimum Gasteiger partial charge on any atom is -0.468 e. The van der Waals surface area contributed by atoms with Crippen molar-refractivity contribution in [1.82, 2.24) is 5.32 Å². The SMILES string of the molecule is CCN(CC)c1ccc([C@H]2C(C(=O)OC3CCCC3)=C(C)NC3=C2C(=O)[C@@H](C(=O)OC)[C@@H](C)C3)cc1. The summed E-state index contributed by atoms with van der Waals surface area (Å²) < 4.78 is 10.9. The average molecular weight is 495 g/mol. The Balaban J connectivity index is 1.79. The maximum Gasteiger partial charge on any atom is 0.337 e. The minimum atomic E-state index is -0.890. The smallest absolute Gasteiger partial charge is 0.337 e. The normalized spacial score (nSPS) is 24.4. The zero-order valence-electron chi connectivity index (χ0n) is 22.1. The number of hydrogen-bond donors (Lipinski definition) is 1. The molecule has 1 aromatic rings. The lowest BCUT2D eigenvalue weighted by molar-refractivity contribution is -0.151. The number of dihydropyridines is 1. The Hall–Kier alpha value is -3.09. The quantitative estimate of drug-likeness (QED) is 0.437. The minimum absolute atomic E-state index is 0.0937. The van der Waals surface area contributed by atoms with Crippen molar-refractivity contribution in [3.8, 4) is 0 Å². The monoisotopic (exact) mass is 494 g/mol. The molecule has 2 aliphatic carbocycles. The molecule has 0 radical (unpaired) electrons. The molecule has 36 heavy (non-hydrogen) atoms. The number of esters is 2. The highest BCUT2D eigenvalue weighted by Gasteiger charge is 2.47. The number of anilines is 1. The lowest BCUT2D eigenvalue weighted by Crippen LogP contribution is -2.43. The molecule has 194 valence electrons. The van der Waals surface area contributed by atoms with Gasteiger partial charge in [0.05, 0.1) is 12.7 Å². The van der Waals surface area contributed by atoms with Gasteiger partial charge in [-0.3, -0.25) is 9.59 Å². The maximum atomic E-state index is 13.9. The molecule has 0 spiro atoms. The van der Waals surface area contributed by atoms with Crippen LogP contribution in [0.4, 0.5) is 5.69 Å². The van der Waals surface area contributed by atoms with Gasteiger partial charge in [0.25, 0.3) is 0 Å². The number of carbonyl (C=O) groups excluding carboxylic acids is 3. The van der Waals surface area contributed by atoms with Crippen LogP contribution in [0.15, 0.2) is 46.8 Å². The van der Waals surface area contributed by atoms with Gasteiger partial charge in [-0.2, -0.15) is 0 Å². The van der Waals surface area contributed by atoms with Crippen LogP contribution in [-0.4, -0.2) is 44.0 Å². The summed E-state index contributed by atoms with van der Waals surface area (Å²) in [6.45, 7) is 9.75. The van der Waals surface area contributed by atoms with Crippen LogP contribution in [0.25, 0.3) is 0 Å². The van der Waals surface area contributed by atoms with Crippen LogP contribution in [0, 0.1) is 11.8 Å². The number of ketones is 1. The molecule has 3 aliphatic rings. The van der Waals surface area contributed by atoms with E-state index < -0.39 is 23.8 Å². The van der Waals surface area contributed by atoms with E-state index in [1.807, 2.05) is 38.1 Å². The number of ether oxygens (including phenoxy) is 2. The molecule has 1 aromatic carbocycles. The first kappa shape index (κ1) is 26.0. The van der Waals surface area contributed by atoms with Crippen molar-refractivity contribution in [2.75, 3.05) is 25.1 Å². The Bertz CT molecular complexity index is 1080. The van der Waals surface area contributed by atoms with Crippen LogP contribution in [0.2, 0.25) is 0 Å². The Morgan fingerprint density at radius 2 is 1.72 bits per heavy atom. The number of nitrogens with zero attached hydrogens (tertiary/aromatic N) is 1. The Kier molecular flexibility index (Phi) is 7.86. The van der Waals surface area contributed by atoms with Gasteiger partial charge in [0.1, 0.15) is 12.0 Å². The summed E-state index contributed by atoms with van der Waals surface area (Å²) in [5.41, 5.74) is 4.32. The molecule has 0 aromatic heterocycles. The van der Waals surface area contributed by atoms with E-state index in [0.717, 1.165) is 55.7 Å². The molecule has 7 heteroatoms. The van der Waals surface area contributed by atoms with Gasteiger partial charge in [-0.25, -0.2) is 4.79 Å². The lowest BCUT2D eigenvalue weighted by atomic mass is 9.69. The summed E-state index contributed by atoms with van der Waals surface area (Å²) in [4.78, 5) is 42.3. The van der Waals surface area contributed by atoms with Crippen molar-refractivity contribution in [3.05, 3.63) is 52.4 Å².